The van der Waals surface area contributed by atoms with Gasteiger partial charge >= 0.3 is 5.97 Å². The lowest BCUT2D eigenvalue weighted by atomic mass is 10.1. The van der Waals surface area contributed by atoms with E-state index in [0.29, 0.717) is 6.54 Å². The van der Waals surface area contributed by atoms with E-state index in [-0.39, 0.29) is 17.8 Å². The molecule has 0 spiro atoms. The molecule has 1 unspecified atom stereocenters. The lowest BCUT2D eigenvalue weighted by Crippen LogP contribution is -2.36. The molecule has 1 N–H and O–H groups in total. The molecule has 88 valence electrons. The van der Waals surface area contributed by atoms with Crippen molar-refractivity contribution in [3.05, 3.63) is 35.6 Å². The summed E-state index contributed by atoms with van der Waals surface area (Å²) in [7, 11) is 1.36. The number of carbonyl (C=O) groups excluding carboxylic acids is 1. The van der Waals surface area contributed by atoms with Gasteiger partial charge in [0.2, 0.25) is 0 Å². The molecule has 0 saturated carbocycles. The molecule has 4 heteroatoms. The number of methoxy groups -OCH3 is 1. The van der Waals surface area contributed by atoms with Gasteiger partial charge in [-0.1, -0.05) is 12.1 Å². The Morgan fingerprint density at radius 1 is 1.44 bits per heavy atom. The van der Waals surface area contributed by atoms with Crippen molar-refractivity contribution in [2.45, 2.75) is 19.4 Å². The Morgan fingerprint density at radius 3 is 2.62 bits per heavy atom. The van der Waals surface area contributed by atoms with Crippen molar-refractivity contribution < 1.29 is 13.9 Å². The topological polar surface area (TPSA) is 38.3 Å². The smallest absolute Gasteiger partial charge is 0.322 e. The fraction of sp³-hybridized carbons (Fsp3) is 0.417. The highest BCUT2D eigenvalue weighted by molar-refractivity contribution is 5.75. The standard InChI is InChI=1S/C12H16FNO2/c1-9(12(15)16-2)14-8-7-10-3-5-11(13)6-4-10/h3-6,9,14H,7-8H2,1-2H3. The first-order valence-corrected chi connectivity index (χ1v) is 5.19. The van der Waals surface area contributed by atoms with Crippen molar-refractivity contribution in [2.75, 3.05) is 13.7 Å². The molecule has 0 radical (unpaired) electrons. The van der Waals surface area contributed by atoms with Crippen LogP contribution in [0.1, 0.15) is 12.5 Å². The molecule has 0 saturated heterocycles. The summed E-state index contributed by atoms with van der Waals surface area (Å²) in [5, 5.41) is 3.03. The molecule has 1 rings (SSSR count). The summed E-state index contributed by atoms with van der Waals surface area (Å²) in [4.78, 5) is 11.1. The maximum absolute atomic E-state index is 12.6. The quantitative estimate of drug-likeness (QED) is 0.772. The minimum atomic E-state index is -0.314. The Bertz CT molecular complexity index is 337. The maximum atomic E-state index is 12.6. The molecular weight excluding hydrogens is 209 g/mol. The van der Waals surface area contributed by atoms with Crippen molar-refractivity contribution in [2.24, 2.45) is 0 Å². The number of esters is 1. The molecule has 0 bridgehead atoms. The average Bonchev–Trinajstić information content (AvgIpc) is 2.30. The van der Waals surface area contributed by atoms with Crippen LogP contribution >= 0.6 is 0 Å². The summed E-state index contributed by atoms with van der Waals surface area (Å²) in [6.45, 7) is 2.40. The van der Waals surface area contributed by atoms with Gasteiger partial charge in [-0.2, -0.15) is 0 Å². The minimum Gasteiger partial charge on any atom is -0.468 e. The minimum absolute atomic E-state index is 0.236. The van der Waals surface area contributed by atoms with Crippen molar-refractivity contribution in [1.29, 1.82) is 0 Å². The number of nitrogens with one attached hydrogen (secondary N) is 1. The molecule has 0 heterocycles. The molecule has 1 atom stereocenters. The molecule has 0 amide bonds. The molecule has 0 fully saturated rings. The van der Waals surface area contributed by atoms with E-state index in [2.05, 4.69) is 10.1 Å². The van der Waals surface area contributed by atoms with Gasteiger partial charge in [0.15, 0.2) is 0 Å². The highest BCUT2D eigenvalue weighted by atomic mass is 19.1. The number of hydrogen-bond acceptors (Lipinski definition) is 3. The summed E-state index contributed by atoms with van der Waals surface area (Å²) in [5.74, 6) is -0.515. The molecule has 0 aromatic heterocycles. The Balaban J connectivity index is 2.30. The molecule has 0 aliphatic carbocycles. The second-order valence-corrected chi connectivity index (χ2v) is 3.58. The first kappa shape index (κ1) is 12.6. The maximum Gasteiger partial charge on any atom is 0.322 e. The van der Waals surface area contributed by atoms with Gasteiger partial charge in [-0.25, -0.2) is 4.39 Å². The van der Waals surface area contributed by atoms with E-state index in [1.165, 1.54) is 19.2 Å². The third kappa shape index (κ3) is 3.98. The highest BCUT2D eigenvalue weighted by Gasteiger charge is 2.10. The van der Waals surface area contributed by atoms with Crippen LogP contribution in [-0.2, 0) is 16.0 Å². The Kier molecular flexibility index (Phi) is 4.92. The monoisotopic (exact) mass is 225 g/mol. The molecule has 1 aromatic rings. The van der Waals surface area contributed by atoms with Gasteiger partial charge in [0.05, 0.1) is 7.11 Å². The predicted molar refractivity (Wildman–Crippen MR) is 59.6 cm³/mol. The molecule has 16 heavy (non-hydrogen) atoms. The third-order valence-corrected chi connectivity index (χ3v) is 2.33. The van der Waals surface area contributed by atoms with E-state index in [0.717, 1.165) is 12.0 Å². The van der Waals surface area contributed by atoms with Gasteiger partial charge in [-0.15, -0.1) is 0 Å². The summed E-state index contributed by atoms with van der Waals surface area (Å²) in [6, 6.07) is 6.02. The van der Waals surface area contributed by atoms with Crippen molar-refractivity contribution in [1.82, 2.24) is 5.32 Å². The lowest BCUT2D eigenvalue weighted by Gasteiger charge is -2.11. The second kappa shape index (κ2) is 6.23. The fourth-order valence-corrected chi connectivity index (χ4v) is 1.34. The second-order valence-electron chi connectivity index (χ2n) is 3.58. The van der Waals surface area contributed by atoms with E-state index in [9.17, 15) is 9.18 Å². The summed E-state index contributed by atoms with van der Waals surface area (Å²) in [5.41, 5.74) is 1.03. The summed E-state index contributed by atoms with van der Waals surface area (Å²) >= 11 is 0. The number of rotatable bonds is 5. The fourth-order valence-electron chi connectivity index (χ4n) is 1.34. The number of benzene rings is 1. The van der Waals surface area contributed by atoms with Crippen molar-refractivity contribution >= 4 is 5.97 Å². The zero-order valence-electron chi connectivity index (χ0n) is 9.50. The molecular formula is C12H16FNO2. The van der Waals surface area contributed by atoms with E-state index in [1.54, 1.807) is 19.1 Å². The van der Waals surface area contributed by atoms with E-state index >= 15 is 0 Å². The third-order valence-electron chi connectivity index (χ3n) is 2.33. The molecule has 1 aromatic carbocycles. The lowest BCUT2D eigenvalue weighted by molar-refractivity contribution is -0.142. The zero-order chi connectivity index (χ0) is 12.0. The van der Waals surface area contributed by atoms with Crippen molar-refractivity contribution in [3.8, 4) is 0 Å². The summed E-state index contributed by atoms with van der Waals surface area (Å²) in [6.07, 6.45) is 0.752. The normalized spacial score (nSPS) is 12.2. The molecule has 0 aliphatic rings. The van der Waals surface area contributed by atoms with Crippen molar-refractivity contribution in [3.63, 3.8) is 0 Å². The number of halogens is 1. The van der Waals surface area contributed by atoms with Crippen LogP contribution in [0.5, 0.6) is 0 Å². The van der Waals surface area contributed by atoms with Crippen LogP contribution in [0, 0.1) is 5.82 Å². The first-order chi connectivity index (χ1) is 7.63. The molecule has 0 aliphatic heterocycles. The average molecular weight is 225 g/mol. The number of hydrogen-bond donors (Lipinski definition) is 1. The van der Waals surface area contributed by atoms with Gasteiger partial charge in [-0.05, 0) is 37.6 Å². The summed E-state index contributed by atoms with van der Waals surface area (Å²) < 4.78 is 17.2. The SMILES string of the molecule is COC(=O)C(C)NCCc1ccc(F)cc1. The largest absolute Gasteiger partial charge is 0.468 e. The van der Waals surface area contributed by atoms with Crippen LogP contribution in [0.15, 0.2) is 24.3 Å². The Morgan fingerprint density at radius 2 is 2.06 bits per heavy atom. The predicted octanol–water partition coefficient (Wildman–Crippen LogP) is 1.52. The Hall–Kier alpha value is -1.42. The van der Waals surface area contributed by atoms with Crippen LogP contribution in [0.25, 0.3) is 0 Å². The van der Waals surface area contributed by atoms with Crippen LogP contribution in [-0.4, -0.2) is 25.7 Å². The highest BCUT2D eigenvalue weighted by Crippen LogP contribution is 2.02. The molecule has 3 nitrogen and oxygen atoms in total. The van der Waals surface area contributed by atoms with Crippen LogP contribution in [0.4, 0.5) is 4.39 Å². The van der Waals surface area contributed by atoms with E-state index in [1.807, 2.05) is 0 Å². The van der Waals surface area contributed by atoms with Gasteiger partial charge in [-0.3, -0.25) is 4.79 Å². The van der Waals surface area contributed by atoms with Crippen LogP contribution in [0.3, 0.4) is 0 Å². The number of carbonyl (C=O) groups is 1. The van der Waals surface area contributed by atoms with Gasteiger partial charge in [0.25, 0.3) is 0 Å². The van der Waals surface area contributed by atoms with E-state index in [4.69, 9.17) is 0 Å². The number of ether oxygens (including phenoxy) is 1. The van der Waals surface area contributed by atoms with Crippen LogP contribution < -0.4 is 5.32 Å². The first-order valence-electron chi connectivity index (χ1n) is 5.19. The zero-order valence-corrected chi connectivity index (χ0v) is 9.50. The van der Waals surface area contributed by atoms with Gasteiger partial charge in [0, 0.05) is 0 Å². The van der Waals surface area contributed by atoms with Crippen LogP contribution in [0.2, 0.25) is 0 Å². The van der Waals surface area contributed by atoms with Gasteiger partial charge < -0.3 is 10.1 Å². The van der Waals surface area contributed by atoms with E-state index < -0.39 is 0 Å². The van der Waals surface area contributed by atoms with Gasteiger partial charge in [0.1, 0.15) is 11.9 Å². The Labute approximate surface area is 94.6 Å².